The molecule has 0 spiro atoms. The number of carbonyl (C=O) groups excluding carboxylic acids is 1. The molecule has 1 amide bonds. The molecule has 2 rings (SSSR count). The van der Waals surface area contributed by atoms with Gasteiger partial charge in [0.15, 0.2) is 0 Å². The third kappa shape index (κ3) is 2.74. The highest BCUT2D eigenvalue weighted by Gasteiger charge is 2.21. The largest absolute Gasteiger partial charge is 0.366 e. The van der Waals surface area contributed by atoms with E-state index in [0.29, 0.717) is 0 Å². The molecule has 5 nitrogen and oxygen atoms in total. The molecule has 0 bridgehead atoms. The third-order valence-corrected chi connectivity index (χ3v) is 4.63. The van der Waals surface area contributed by atoms with Gasteiger partial charge in [0.1, 0.15) is 15.7 Å². The monoisotopic (exact) mass is 300 g/mol. The molecule has 1 aromatic carbocycles. The molecule has 0 radical (unpaired) electrons. The van der Waals surface area contributed by atoms with Crippen LogP contribution in [0.3, 0.4) is 0 Å². The number of benzene rings is 1. The van der Waals surface area contributed by atoms with Crippen molar-refractivity contribution in [1.29, 1.82) is 0 Å². The number of halogens is 1. The van der Waals surface area contributed by atoms with E-state index in [4.69, 9.17) is 5.73 Å². The summed E-state index contributed by atoms with van der Waals surface area (Å²) in [5.74, 6) is -1.63. The number of nitrogens with one attached hydrogen (secondary N) is 1. The molecular weight excluding hydrogens is 291 g/mol. The maximum atomic E-state index is 13.5. The fourth-order valence-corrected chi connectivity index (χ4v) is 3.63. The van der Waals surface area contributed by atoms with E-state index in [0.717, 1.165) is 23.5 Å². The van der Waals surface area contributed by atoms with E-state index in [1.165, 1.54) is 23.6 Å². The summed E-state index contributed by atoms with van der Waals surface area (Å²) in [7, 11) is -4.09. The van der Waals surface area contributed by atoms with Gasteiger partial charge in [0.25, 0.3) is 15.9 Å². The maximum absolute atomic E-state index is 13.5. The number of anilines is 1. The molecular formula is C11H9FN2O3S2. The summed E-state index contributed by atoms with van der Waals surface area (Å²) in [5.41, 5.74) is 5.15. The zero-order valence-corrected chi connectivity index (χ0v) is 11.1. The van der Waals surface area contributed by atoms with Crippen LogP contribution < -0.4 is 10.5 Å². The smallest absolute Gasteiger partial charge is 0.265 e. The second-order valence-corrected chi connectivity index (χ2v) is 6.13. The highest BCUT2D eigenvalue weighted by atomic mass is 32.2. The van der Waals surface area contributed by atoms with Crippen LogP contribution >= 0.6 is 11.3 Å². The lowest BCUT2D eigenvalue weighted by Gasteiger charge is -2.08. The van der Waals surface area contributed by atoms with Gasteiger partial charge in [-0.25, -0.2) is 12.8 Å². The van der Waals surface area contributed by atoms with Crippen LogP contribution in [0.5, 0.6) is 0 Å². The molecule has 19 heavy (non-hydrogen) atoms. The predicted molar refractivity (Wildman–Crippen MR) is 70.0 cm³/mol. The first-order valence-corrected chi connectivity index (χ1v) is 7.43. The Hall–Kier alpha value is -1.93. The Morgan fingerprint density at radius 2 is 1.95 bits per heavy atom. The Morgan fingerprint density at radius 3 is 2.58 bits per heavy atom. The lowest BCUT2D eigenvalue weighted by molar-refractivity contribution is 0.100. The first kappa shape index (κ1) is 13.5. The van der Waals surface area contributed by atoms with Crippen molar-refractivity contribution in [3.8, 4) is 0 Å². The first-order valence-electron chi connectivity index (χ1n) is 5.06. The van der Waals surface area contributed by atoms with E-state index in [2.05, 4.69) is 4.72 Å². The van der Waals surface area contributed by atoms with Crippen LogP contribution in [0.1, 0.15) is 10.4 Å². The van der Waals surface area contributed by atoms with Crippen molar-refractivity contribution < 1.29 is 17.6 Å². The van der Waals surface area contributed by atoms with Gasteiger partial charge in [-0.15, -0.1) is 11.3 Å². The molecule has 8 heteroatoms. The fraction of sp³-hybridized carbons (Fsp3) is 0. The van der Waals surface area contributed by atoms with Crippen molar-refractivity contribution in [2.24, 2.45) is 5.73 Å². The minimum Gasteiger partial charge on any atom is -0.366 e. The molecule has 0 saturated carbocycles. The van der Waals surface area contributed by atoms with E-state index < -0.39 is 26.6 Å². The quantitative estimate of drug-likeness (QED) is 0.902. The van der Waals surface area contributed by atoms with E-state index in [1.54, 1.807) is 0 Å². The summed E-state index contributed by atoms with van der Waals surface area (Å²) >= 11 is 0.992. The number of nitrogens with two attached hydrogens (primary N) is 1. The fourth-order valence-electron chi connectivity index (χ4n) is 1.42. The third-order valence-electron chi connectivity index (χ3n) is 2.28. The average Bonchev–Trinajstić information content (AvgIpc) is 2.76. The maximum Gasteiger partial charge on any atom is 0.265 e. The van der Waals surface area contributed by atoms with Gasteiger partial charge < -0.3 is 5.73 Å². The average molecular weight is 300 g/mol. The van der Waals surface area contributed by atoms with Crippen LogP contribution in [0, 0.1) is 5.82 Å². The molecule has 0 saturated heterocycles. The van der Waals surface area contributed by atoms with Crippen LogP contribution in [0.25, 0.3) is 0 Å². The van der Waals surface area contributed by atoms with Crippen molar-refractivity contribution >= 4 is 32.3 Å². The summed E-state index contributed by atoms with van der Waals surface area (Å²) in [6.45, 7) is 0. The van der Waals surface area contributed by atoms with E-state index in [-0.39, 0.29) is 10.6 Å². The second kappa shape index (κ2) is 4.98. The normalized spacial score (nSPS) is 11.2. The minimum absolute atomic E-state index is 0.0462. The predicted octanol–water partition coefficient (Wildman–Crippen LogP) is 1.79. The topological polar surface area (TPSA) is 89.3 Å². The van der Waals surface area contributed by atoms with Crippen molar-refractivity contribution in [3.05, 3.63) is 47.1 Å². The number of rotatable bonds is 4. The number of hydrogen-bond acceptors (Lipinski definition) is 4. The second-order valence-electron chi connectivity index (χ2n) is 3.56. The molecule has 100 valence electrons. The van der Waals surface area contributed by atoms with Crippen molar-refractivity contribution in [2.45, 2.75) is 4.90 Å². The number of hydrogen-bond donors (Lipinski definition) is 2. The van der Waals surface area contributed by atoms with E-state index >= 15 is 0 Å². The molecule has 0 aliphatic carbocycles. The van der Waals surface area contributed by atoms with Crippen LogP contribution in [-0.2, 0) is 10.0 Å². The lowest BCUT2D eigenvalue weighted by Crippen LogP contribution is -2.17. The van der Waals surface area contributed by atoms with Crippen LogP contribution in [0.15, 0.2) is 40.6 Å². The van der Waals surface area contributed by atoms with Crippen LogP contribution in [0.2, 0.25) is 0 Å². The van der Waals surface area contributed by atoms with Gasteiger partial charge in [0, 0.05) is 0 Å². The van der Waals surface area contributed by atoms with Crippen molar-refractivity contribution in [1.82, 2.24) is 0 Å². The summed E-state index contributed by atoms with van der Waals surface area (Å²) in [5, 5.41) is 1.58. The summed E-state index contributed by atoms with van der Waals surface area (Å²) < 4.78 is 39.6. The van der Waals surface area contributed by atoms with Gasteiger partial charge in [-0.1, -0.05) is 12.1 Å². The highest BCUT2D eigenvalue weighted by Crippen LogP contribution is 2.26. The Balaban J connectivity index is 2.40. The standard InChI is InChI=1S/C11H9FN2O3S2/c12-8-3-1-2-4-9(8)19(16,17)14-11-7(10(13)15)5-6-18-11/h1-6,14H,(H2,13,15). The number of sulfonamides is 1. The zero-order valence-electron chi connectivity index (χ0n) is 9.46. The number of thiophene rings is 1. The summed E-state index contributed by atoms with van der Waals surface area (Å²) in [6.07, 6.45) is 0. The van der Waals surface area contributed by atoms with Gasteiger partial charge >= 0.3 is 0 Å². The van der Waals surface area contributed by atoms with Crippen molar-refractivity contribution in [2.75, 3.05) is 4.72 Å². The summed E-state index contributed by atoms with van der Waals surface area (Å²) in [6, 6.07) is 6.36. The SMILES string of the molecule is NC(=O)c1ccsc1NS(=O)(=O)c1ccccc1F. The van der Waals surface area contributed by atoms with Crippen LogP contribution in [-0.4, -0.2) is 14.3 Å². The molecule has 2 aromatic rings. The van der Waals surface area contributed by atoms with E-state index in [1.807, 2.05) is 0 Å². The molecule has 1 heterocycles. The zero-order chi connectivity index (χ0) is 14.0. The minimum atomic E-state index is -4.09. The van der Waals surface area contributed by atoms with Gasteiger partial charge in [0.05, 0.1) is 5.56 Å². The highest BCUT2D eigenvalue weighted by molar-refractivity contribution is 7.93. The van der Waals surface area contributed by atoms with Gasteiger partial charge in [-0.3, -0.25) is 9.52 Å². The molecule has 0 unspecified atom stereocenters. The van der Waals surface area contributed by atoms with Crippen LogP contribution in [0.4, 0.5) is 9.39 Å². The lowest BCUT2D eigenvalue weighted by atomic mass is 10.3. The Morgan fingerprint density at radius 1 is 1.26 bits per heavy atom. The van der Waals surface area contributed by atoms with Gasteiger partial charge in [-0.2, -0.15) is 0 Å². The van der Waals surface area contributed by atoms with Gasteiger partial charge in [0.2, 0.25) is 0 Å². The molecule has 3 N–H and O–H groups in total. The molecule has 1 aromatic heterocycles. The molecule has 0 aliphatic heterocycles. The Labute approximate surface area is 112 Å². The Bertz CT molecular complexity index is 725. The molecule has 0 aliphatic rings. The number of amides is 1. The summed E-state index contributed by atoms with van der Waals surface area (Å²) in [4.78, 5) is 10.6. The molecule has 0 fully saturated rings. The molecule has 0 atom stereocenters. The van der Waals surface area contributed by atoms with Crippen molar-refractivity contribution in [3.63, 3.8) is 0 Å². The number of primary amides is 1. The van der Waals surface area contributed by atoms with E-state index in [9.17, 15) is 17.6 Å². The van der Waals surface area contributed by atoms with Gasteiger partial charge in [-0.05, 0) is 23.6 Å². The number of carbonyl (C=O) groups is 1. The Kier molecular flexibility index (Phi) is 3.54. The first-order chi connectivity index (χ1) is 8.92.